The van der Waals surface area contributed by atoms with Crippen molar-refractivity contribution in [3.05, 3.63) is 57.4 Å². The summed E-state index contributed by atoms with van der Waals surface area (Å²) in [5, 5.41) is 5.61. The van der Waals surface area contributed by atoms with E-state index in [9.17, 15) is 8.78 Å². The van der Waals surface area contributed by atoms with E-state index in [1.807, 2.05) is 36.9 Å². The van der Waals surface area contributed by atoms with Gasteiger partial charge in [0.1, 0.15) is 11.6 Å². The highest BCUT2D eigenvalue weighted by Gasteiger charge is 2.49. The lowest BCUT2D eigenvalue weighted by Gasteiger charge is -2.51. The van der Waals surface area contributed by atoms with Crippen molar-refractivity contribution < 1.29 is 22.6 Å². The van der Waals surface area contributed by atoms with Crippen LogP contribution in [-0.2, 0) is 16.7 Å². The molecule has 0 saturated carbocycles. The van der Waals surface area contributed by atoms with Gasteiger partial charge in [-0.3, -0.25) is 4.90 Å². The second-order valence-corrected chi connectivity index (χ2v) is 11.1. The van der Waals surface area contributed by atoms with E-state index in [1.165, 1.54) is 13.2 Å². The van der Waals surface area contributed by atoms with Gasteiger partial charge in [-0.2, -0.15) is 5.10 Å². The smallest absolute Gasteiger partial charge is 0.257 e. The van der Waals surface area contributed by atoms with E-state index in [-0.39, 0.29) is 17.8 Å². The number of halogens is 4. The predicted molar refractivity (Wildman–Crippen MR) is 136 cm³/mol. The average Bonchev–Trinajstić information content (AvgIpc) is 3.26. The second-order valence-electron chi connectivity index (χ2n) is 10.2. The van der Waals surface area contributed by atoms with Crippen LogP contribution in [0.3, 0.4) is 0 Å². The van der Waals surface area contributed by atoms with Gasteiger partial charge in [-0.1, -0.05) is 22.0 Å². The first kappa shape index (κ1) is 25.5. The molecule has 36 heavy (non-hydrogen) atoms. The summed E-state index contributed by atoms with van der Waals surface area (Å²) in [5.41, 5.74) is 1.74. The molecule has 0 N–H and O–H groups in total. The summed E-state index contributed by atoms with van der Waals surface area (Å²) >= 11 is 3.33. The van der Waals surface area contributed by atoms with Crippen LogP contribution in [0, 0.1) is 5.82 Å². The fourth-order valence-electron chi connectivity index (χ4n) is 6.08. The van der Waals surface area contributed by atoms with Crippen LogP contribution in [0.1, 0.15) is 63.0 Å². The topological polar surface area (TPSA) is 39.5 Å². The number of hydrogen-bond acceptors (Lipinski definition) is 4. The first-order chi connectivity index (χ1) is 17.0. The van der Waals surface area contributed by atoms with Crippen molar-refractivity contribution in [2.24, 2.45) is 0 Å². The van der Waals surface area contributed by atoms with E-state index in [0.717, 1.165) is 48.2 Å². The first-order valence-electron chi connectivity index (χ1n) is 12.3. The van der Waals surface area contributed by atoms with Gasteiger partial charge in [0.2, 0.25) is 0 Å². The molecule has 2 aliphatic heterocycles. The maximum absolute atomic E-state index is 15.8. The van der Waals surface area contributed by atoms with Crippen molar-refractivity contribution in [1.29, 1.82) is 0 Å². The Balaban J connectivity index is 1.75. The van der Waals surface area contributed by atoms with Crippen LogP contribution in [-0.4, -0.2) is 46.9 Å². The van der Waals surface area contributed by atoms with Gasteiger partial charge < -0.3 is 9.47 Å². The van der Waals surface area contributed by atoms with E-state index < -0.39 is 23.8 Å². The minimum Gasteiger partial charge on any atom is -0.496 e. The Kier molecular flexibility index (Phi) is 6.62. The molecule has 194 valence electrons. The molecule has 3 heterocycles. The molecule has 3 atom stereocenters. The van der Waals surface area contributed by atoms with Gasteiger partial charge >= 0.3 is 0 Å². The summed E-state index contributed by atoms with van der Waals surface area (Å²) in [5.74, 6) is -3.18. The molecule has 1 fully saturated rings. The van der Waals surface area contributed by atoms with Gasteiger partial charge in [0.05, 0.1) is 36.5 Å². The van der Waals surface area contributed by atoms with Crippen LogP contribution >= 0.6 is 15.9 Å². The number of nitrogens with zero attached hydrogens (tertiary/aromatic N) is 3. The predicted octanol–water partition coefficient (Wildman–Crippen LogP) is 6.81. The molecule has 9 heteroatoms. The van der Waals surface area contributed by atoms with Crippen LogP contribution in [0.25, 0.3) is 10.9 Å². The van der Waals surface area contributed by atoms with Crippen molar-refractivity contribution in [3.8, 4) is 5.75 Å². The molecule has 0 bridgehead atoms. The normalized spacial score (nSPS) is 25.2. The van der Waals surface area contributed by atoms with Crippen LogP contribution in [0.15, 0.2) is 34.9 Å². The number of alkyl halides is 2. The number of benzene rings is 2. The van der Waals surface area contributed by atoms with E-state index in [1.54, 1.807) is 11.0 Å². The van der Waals surface area contributed by atoms with Gasteiger partial charge in [0, 0.05) is 29.4 Å². The van der Waals surface area contributed by atoms with Gasteiger partial charge in [-0.15, -0.1) is 0 Å². The van der Waals surface area contributed by atoms with E-state index in [0.29, 0.717) is 23.2 Å². The molecule has 1 aromatic heterocycles. The third kappa shape index (κ3) is 4.23. The van der Waals surface area contributed by atoms with Crippen molar-refractivity contribution in [2.75, 3.05) is 20.3 Å². The molecule has 2 unspecified atom stereocenters. The molecule has 0 spiro atoms. The summed E-state index contributed by atoms with van der Waals surface area (Å²) in [6, 6.07) is 6.65. The Bertz CT molecular complexity index is 1290. The summed E-state index contributed by atoms with van der Waals surface area (Å²) in [6.45, 7) is 4.83. The molecule has 5 rings (SSSR count). The summed E-state index contributed by atoms with van der Waals surface area (Å²) in [6.07, 6.45) is 5.26. The van der Waals surface area contributed by atoms with E-state index in [2.05, 4.69) is 21.0 Å². The Hall–Kier alpha value is -2.10. The number of methoxy groups -OCH3 is 1. The average molecular weight is 566 g/mol. The lowest BCUT2D eigenvalue weighted by molar-refractivity contribution is -0.0581. The summed E-state index contributed by atoms with van der Waals surface area (Å²) < 4.78 is 58.8. The fourth-order valence-corrected chi connectivity index (χ4v) is 6.49. The number of fused-ring (bicyclic) bond motifs is 3. The highest BCUT2D eigenvalue weighted by Crippen LogP contribution is 2.50. The summed E-state index contributed by atoms with van der Waals surface area (Å²) in [7, 11) is 1.47. The van der Waals surface area contributed by atoms with Crippen LogP contribution in [0.2, 0.25) is 0 Å². The lowest BCUT2D eigenvalue weighted by atomic mass is 9.73. The van der Waals surface area contributed by atoms with Crippen LogP contribution < -0.4 is 4.74 Å². The monoisotopic (exact) mass is 565 g/mol. The molecule has 0 radical (unpaired) electrons. The Labute approximate surface area is 217 Å². The number of aromatic nitrogens is 2. The third-order valence-electron chi connectivity index (χ3n) is 7.62. The largest absolute Gasteiger partial charge is 0.496 e. The minimum absolute atomic E-state index is 0.124. The quantitative estimate of drug-likeness (QED) is 0.340. The van der Waals surface area contributed by atoms with E-state index in [4.69, 9.17) is 9.47 Å². The molecule has 0 aliphatic carbocycles. The maximum Gasteiger partial charge on any atom is 0.257 e. The Morgan fingerprint density at radius 2 is 2.06 bits per heavy atom. The zero-order valence-electron chi connectivity index (χ0n) is 21.0. The van der Waals surface area contributed by atoms with Gasteiger partial charge in [0.25, 0.3) is 5.92 Å². The maximum atomic E-state index is 15.8. The molecule has 5 nitrogen and oxygen atoms in total. The van der Waals surface area contributed by atoms with Crippen LogP contribution in [0.4, 0.5) is 13.2 Å². The van der Waals surface area contributed by atoms with Crippen molar-refractivity contribution in [1.82, 2.24) is 14.7 Å². The summed E-state index contributed by atoms with van der Waals surface area (Å²) in [4.78, 5) is 1.71. The Morgan fingerprint density at radius 1 is 1.28 bits per heavy atom. The highest BCUT2D eigenvalue weighted by molar-refractivity contribution is 9.10. The number of ether oxygens (including phenoxy) is 2. The molecule has 1 saturated heterocycles. The highest BCUT2D eigenvalue weighted by atomic mass is 79.9. The zero-order valence-corrected chi connectivity index (χ0v) is 22.5. The van der Waals surface area contributed by atoms with Crippen LogP contribution in [0.5, 0.6) is 5.75 Å². The fraction of sp³-hybridized carbons (Fsp3) is 0.519. The van der Waals surface area contributed by atoms with E-state index >= 15 is 4.39 Å². The molecular weight excluding hydrogens is 535 g/mol. The molecule has 0 amide bonds. The van der Waals surface area contributed by atoms with Gasteiger partial charge in [-0.05, 0) is 68.9 Å². The third-order valence-corrected chi connectivity index (χ3v) is 8.08. The lowest BCUT2D eigenvalue weighted by Crippen LogP contribution is -2.57. The molecular formula is C27H31BrF3N3O2. The Morgan fingerprint density at radius 3 is 2.72 bits per heavy atom. The van der Waals surface area contributed by atoms with Crippen molar-refractivity contribution >= 4 is 26.8 Å². The minimum atomic E-state index is -2.97. The van der Waals surface area contributed by atoms with Crippen molar-refractivity contribution in [2.45, 2.75) is 70.2 Å². The van der Waals surface area contributed by atoms with Gasteiger partial charge in [0.15, 0.2) is 6.23 Å². The number of hydrogen-bond donors (Lipinski definition) is 0. The first-order valence-corrected chi connectivity index (χ1v) is 13.1. The molecule has 3 aromatic rings. The second kappa shape index (κ2) is 9.33. The molecule has 2 aliphatic rings. The zero-order chi connectivity index (χ0) is 25.8. The standard InChI is InChI=1S/C27H31BrF3N3O2/c1-16-11-18-19-14-32-34(24-7-5-6-10-36-24)22(19)9-8-20(18)27(3,33(16)15-26(2,30)31)25-21(29)12-17(28)13-23(25)35-4/h8-9,12-14,16,24H,5-7,10-11,15H2,1-4H3/t16-,24?,27?/m1/s1. The van der Waals surface area contributed by atoms with Crippen molar-refractivity contribution in [3.63, 3.8) is 0 Å². The molecule has 2 aromatic carbocycles. The number of rotatable bonds is 5. The van der Waals surface area contributed by atoms with Gasteiger partial charge in [-0.25, -0.2) is 17.9 Å². The SMILES string of the molecule is COc1cc(Br)cc(F)c1C1(C)c2ccc3c(cnn3C3CCCCO3)c2C[C@@H](C)N1CC(C)(F)F.